The lowest BCUT2D eigenvalue weighted by Gasteiger charge is -2.32. The first-order valence-electron chi connectivity index (χ1n) is 11.0. The van der Waals surface area contributed by atoms with Crippen molar-refractivity contribution in [1.29, 1.82) is 0 Å². The molecule has 4 nitrogen and oxygen atoms in total. The molecule has 1 aliphatic carbocycles. The largest absolute Gasteiger partial charge is 0.352 e. The van der Waals surface area contributed by atoms with Gasteiger partial charge in [0.15, 0.2) is 0 Å². The van der Waals surface area contributed by atoms with Gasteiger partial charge >= 0.3 is 0 Å². The molecule has 3 rings (SSSR count). The molecule has 166 valence electrons. The smallest absolute Gasteiger partial charge is 0.243 e. The molecular weight excluding hydrogens is 431 g/mol. The van der Waals surface area contributed by atoms with Crippen molar-refractivity contribution in [2.75, 3.05) is 0 Å². The van der Waals surface area contributed by atoms with Crippen LogP contribution in [0.25, 0.3) is 0 Å². The molecule has 0 saturated heterocycles. The molecule has 0 heterocycles. The number of carbonyl (C=O) groups excluding carboxylic acids is 2. The summed E-state index contributed by atoms with van der Waals surface area (Å²) in [5, 5.41) is 4.16. The molecule has 2 amide bonds. The second-order valence-corrected chi connectivity index (χ2v) is 9.12. The van der Waals surface area contributed by atoms with E-state index in [0.29, 0.717) is 28.6 Å². The van der Waals surface area contributed by atoms with E-state index in [1.807, 2.05) is 38.1 Å². The van der Waals surface area contributed by atoms with Crippen LogP contribution in [0.15, 0.2) is 42.5 Å². The van der Waals surface area contributed by atoms with E-state index in [0.717, 1.165) is 36.8 Å². The monoisotopic (exact) mass is 460 g/mol. The number of hydrogen-bond donors (Lipinski definition) is 1. The summed E-state index contributed by atoms with van der Waals surface area (Å²) >= 11 is 12.3. The minimum Gasteiger partial charge on any atom is -0.352 e. The van der Waals surface area contributed by atoms with Crippen LogP contribution in [0.1, 0.15) is 55.7 Å². The molecule has 0 aromatic heterocycles. The van der Waals surface area contributed by atoms with Gasteiger partial charge in [0, 0.05) is 22.6 Å². The van der Waals surface area contributed by atoms with Crippen molar-refractivity contribution < 1.29 is 9.59 Å². The Labute approximate surface area is 194 Å². The predicted molar refractivity (Wildman–Crippen MR) is 126 cm³/mol. The molecule has 1 fully saturated rings. The molecule has 1 saturated carbocycles. The van der Waals surface area contributed by atoms with Gasteiger partial charge in [-0.2, -0.15) is 0 Å². The molecule has 1 unspecified atom stereocenters. The molecular formula is C25H30Cl2N2O2. The van der Waals surface area contributed by atoms with Crippen molar-refractivity contribution in [2.45, 2.75) is 71.0 Å². The van der Waals surface area contributed by atoms with Gasteiger partial charge in [0.25, 0.3) is 0 Å². The van der Waals surface area contributed by atoms with E-state index < -0.39 is 6.04 Å². The van der Waals surface area contributed by atoms with Crippen LogP contribution in [0.4, 0.5) is 0 Å². The number of benzene rings is 2. The second-order valence-electron chi connectivity index (χ2n) is 8.27. The topological polar surface area (TPSA) is 49.4 Å². The predicted octanol–water partition coefficient (Wildman–Crippen LogP) is 5.71. The zero-order valence-electron chi connectivity index (χ0n) is 18.2. The SMILES string of the molecule is CCC(C(=O)NC1CCCC1)N(Cc1ccccc1C)C(=O)Cc1ccc(Cl)cc1Cl. The Morgan fingerprint density at radius 1 is 1.10 bits per heavy atom. The lowest BCUT2D eigenvalue weighted by molar-refractivity contribution is -0.141. The van der Waals surface area contributed by atoms with E-state index in [1.54, 1.807) is 23.1 Å². The highest BCUT2D eigenvalue weighted by Crippen LogP contribution is 2.24. The summed E-state index contributed by atoms with van der Waals surface area (Å²) in [4.78, 5) is 28.3. The van der Waals surface area contributed by atoms with Crippen molar-refractivity contribution in [1.82, 2.24) is 10.2 Å². The van der Waals surface area contributed by atoms with Crippen molar-refractivity contribution in [3.8, 4) is 0 Å². The van der Waals surface area contributed by atoms with Gasteiger partial charge in [-0.25, -0.2) is 0 Å². The van der Waals surface area contributed by atoms with E-state index in [1.165, 1.54) is 0 Å². The van der Waals surface area contributed by atoms with Crippen LogP contribution >= 0.6 is 23.2 Å². The maximum Gasteiger partial charge on any atom is 0.243 e. The Hall–Kier alpha value is -2.04. The van der Waals surface area contributed by atoms with E-state index in [-0.39, 0.29) is 24.3 Å². The Bertz CT molecular complexity index is 925. The number of amides is 2. The number of hydrogen-bond acceptors (Lipinski definition) is 2. The molecule has 0 spiro atoms. The molecule has 31 heavy (non-hydrogen) atoms. The van der Waals surface area contributed by atoms with Crippen LogP contribution in [-0.4, -0.2) is 28.8 Å². The number of nitrogens with zero attached hydrogens (tertiary/aromatic N) is 1. The van der Waals surface area contributed by atoms with Crippen molar-refractivity contribution in [3.63, 3.8) is 0 Å². The summed E-state index contributed by atoms with van der Waals surface area (Å²) in [6, 6.07) is 12.8. The van der Waals surface area contributed by atoms with Crippen LogP contribution < -0.4 is 5.32 Å². The van der Waals surface area contributed by atoms with Crippen LogP contribution in [0, 0.1) is 6.92 Å². The minimum atomic E-state index is -0.529. The van der Waals surface area contributed by atoms with Crippen LogP contribution in [0.3, 0.4) is 0 Å². The summed E-state index contributed by atoms with van der Waals surface area (Å²) in [5.74, 6) is -0.195. The van der Waals surface area contributed by atoms with Gasteiger partial charge in [0.05, 0.1) is 6.42 Å². The molecule has 6 heteroatoms. The van der Waals surface area contributed by atoms with Gasteiger partial charge in [-0.05, 0) is 55.0 Å². The van der Waals surface area contributed by atoms with E-state index in [4.69, 9.17) is 23.2 Å². The fourth-order valence-corrected chi connectivity index (χ4v) is 4.66. The first-order chi connectivity index (χ1) is 14.9. The van der Waals surface area contributed by atoms with Gasteiger partial charge in [-0.1, -0.05) is 73.3 Å². The highest BCUT2D eigenvalue weighted by atomic mass is 35.5. The summed E-state index contributed by atoms with van der Waals surface area (Å²) in [6.07, 6.45) is 4.97. The molecule has 1 atom stereocenters. The van der Waals surface area contributed by atoms with E-state index in [9.17, 15) is 9.59 Å². The van der Waals surface area contributed by atoms with E-state index >= 15 is 0 Å². The summed E-state index contributed by atoms with van der Waals surface area (Å²) < 4.78 is 0. The molecule has 1 N–H and O–H groups in total. The van der Waals surface area contributed by atoms with Crippen LogP contribution in [0.2, 0.25) is 10.0 Å². The number of halogens is 2. The zero-order chi connectivity index (χ0) is 22.4. The zero-order valence-corrected chi connectivity index (χ0v) is 19.7. The summed E-state index contributed by atoms with van der Waals surface area (Å²) in [5.41, 5.74) is 2.83. The van der Waals surface area contributed by atoms with Crippen molar-refractivity contribution in [3.05, 3.63) is 69.2 Å². The second kappa shape index (κ2) is 11.0. The average Bonchev–Trinajstić information content (AvgIpc) is 3.24. The van der Waals surface area contributed by atoms with E-state index in [2.05, 4.69) is 5.32 Å². The maximum atomic E-state index is 13.5. The first kappa shape index (κ1) is 23.6. The molecule has 0 radical (unpaired) electrons. The quantitative estimate of drug-likeness (QED) is 0.548. The Kier molecular flexibility index (Phi) is 8.39. The molecule has 2 aromatic carbocycles. The molecule has 2 aromatic rings. The summed E-state index contributed by atoms with van der Waals surface area (Å²) in [7, 11) is 0. The highest BCUT2D eigenvalue weighted by molar-refractivity contribution is 6.35. The normalized spacial score (nSPS) is 15.0. The Morgan fingerprint density at radius 3 is 2.45 bits per heavy atom. The fraction of sp³-hybridized carbons (Fsp3) is 0.440. The Balaban J connectivity index is 1.85. The van der Waals surface area contributed by atoms with Crippen molar-refractivity contribution >= 4 is 35.0 Å². The fourth-order valence-electron chi connectivity index (χ4n) is 4.19. The lowest BCUT2D eigenvalue weighted by atomic mass is 10.0. The number of carbonyl (C=O) groups is 2. The molecule has 0 bridgehead atoms. The van der Waals surface area contributed by atoms with Gasteiger partial charge < -0.3 is 10.2 Å². The standard InChI is InChI=1S/C25H30Cl2N2O2/c1-3-23(25(31)28-21-10-6-7-11-21)29(16-19-9-5-4-8-17(19)2)24(30)14-18-12-13-20(26)15-22(18)27/h4-5,8-9,12-13,15,21,23H,3,6-7,10-11,14,16H2,1-2H3,(H,28,31). The molecule has 0 aliphatic heterocycles. The first-order valence-corrected chi connectivity index (χ1v) is 11.7. The van der Waals surface area contributed by atoms with Gasteiger partial charge in [0.2, 0.25) is 11.8 Å². The third-order valence-electron chi connectivity index (χ3n) is 6.05. The van der Waals surface area contributed by atoms with Crippen LogP contribution in [0.5, 0.6) is 0 Å². The number of rotatable bonds is 8. The van der Waals surface area contributed by atoms with Crippen molar-refractivity contribution in [2.24, 2.45) is 0 Å². The third kappa shape index (κ3) is 6.24. The number of nitrogens with one attached hydrogen (secondary N) is 1. The Morgan fingerprint density at radius 2 is 1.81 bits per heavy atom. The third-order valence-corrected chi connectivity index (χ3v) is 6.63. The average molecular weight is 461 g/mol. The lowest BCUT2D eigenvalue weighted by Crippen LogP contribution is -2.51. The van der Waals surface area contributed by atoms with Gasteiger partial charge in [-0.3, -0.25) is 9.59 Å². The van der Waals surface area contributed by atoms with Gasteiger partial charge in [-0.15, -0.1) is 0 Å². The minimum absolute atomic E-state index is 0.0708. The van der Waals surface area contributed by atoms with Gasteiger partial charge in [0.1, 0.15) is 6.04 Å². The summed E-state index contributed by atoms with van der Waals surface area (Å²) in [6.45, 7) is 4.35. The highest BCUT2D eigenvalue weighted by Gasteiger charge is 2.31. The number of aryl methyl sites for hydroxylation is 1. The molecule has 1 aliphatic rings. The van der Waals surface area contributed by atoms with Crippen LogP contribution in [-0.2, 0) is 22.6 Å². The maximum absolute atomic E-state index is 13.5.